The van der Waals surface area contributed by atoms with E-state index in [0.717, 1.165) is 18.7 Å². The monoisotopic (exact) mass is 621 g/mol. The molecule has 0 aliphatic carbocycles. The van der Waals surface area contributed by atoms with Crippen LogP contribution in [0, 0.1) is 17.3 Å². The number of hydrogen-bond donors (Lipinski definition) is 5. The van der Waals surface area contributed by atoms with Crippen LogP contribution < -0.4 is 21.3 Å². The molecule has 13 nitrogen and oxygen atoms in total. The lowest BCUT2D eigenvalue weighted by atomic mass is 10.1. The van der Waals surface area contributed by atoms with Gasteiger partial charge in [-0.3, -0.25) is 15.0 Å². The number of aromatic nitrogens is 2. The maximum atomic E-state index is 12.2. The van der Waals surface area contributed by atoms with Crippen LogP contribution in [-0.4, -0.2) is 112 Å². The van der Waals surface area contributed by atoms with E-state index in [0.29, 0.717) is 67.7 Å². The van der Waals surface area contributed by atoms with Gasteiger partial charge in [-0.25, -0.2) is 4.98 Å². The predicted octanol–water partition coefficient (Wildman–Crippen LogP) is 2.90. The zero-order chi connectivity index (χ0) is 33.0. The molecular formula is C32H47N9O4. The number of amides is 2. The Kier molecular flexibility index (Phi) is 16.5. The largest absolute Gasteiger partial charge is 0.481 e. The number of unbranched alkanes of at least 4 members (excludes halogenated alkanes) is 1. The van der Waals surface area contributed by atoms with Crippen LogP contribution in [0.3, 0.4) is 0 Å². The van der Waals surface area contributed by atoms with E-state index in [1.807, 2.05) is 31.1 Å². The van der Waals surface area contributed by atoms with E-state index in [9.17, 15) is 9.59 Å². The highest BCUT2D eigenvalue weighted by Gasteiger charge is 2.12. The molecule has 2 rings (SSSR count). The third-order valence-electron chi connectivity index (χ3n) is 6.19. The zero-order valence-electron chi connectivity index (χ0n) is 27.2. The molecule has 13 heteroatoms. The number of anilines is 4. The van der Waals surface area contributed by atoms with Crippen LogP contribution in [-0.2, 0) is 19.1 Å². The summed E-state index contributed by atoms with van der Waals surface area (Å²) in [6.45, 7) is 5.01. The van der Waals surface area contributed by atoms with Crippen molar-refractivity contribution >= 4 is 40.9 Å². The van der Waals surface area contributed by atoms with E-state index in [1.165, 1.54) is 18.1 Å². The lowest BCUT2D eigenvalue weighted by molar-refractivity contribution is -0.131. The van der Waals surface area contributed by atoms with Crippen LogP contribution in [0.5, 0.6) is 0 Å². The molecule has 0 saturated carbocycles. The fourth-order valence-electron chi connectivity index (χ4n) is 3.81. The molecule has 0 radical (unpaired) electrons. The first-order chi connectivity index (χ1) is 21.7. The Labute approximate surface area is 266 Å². The third-order valence-corrected chi connectivity index (χ3v) is 6.19. The maximum Gasteiger partial charge on any atom is 0.246 e. The minimum absolute atomic E-state index is 0.00730. The van der Waals surface area contributed by atoms with E-state index in [2.05, 4.69) is 50.0 Å². The summed E-state index contributed by atoms with van der Waals surface area (Å²) < 4.78 is 10.3. The van der Waals surface area contributed by atoms with Crippen molar-refractivity contribution in [3.63, 3.8) is 0 Å². The average Bonchev–Trinajstić information content (AvgIpc) is 3.02. The summed E-state index contributed by atoms with van der Waals surface area (Å²) in [5.74, 6) is 6.86. The Morgan fingerprint density at radius 2 is 1.91 bits per heavy atom. The second-order valence-corrected chi connectivity index (χ2v) is 10.3. The number of benzene rings is 1. The quantitative estimate of drug-likeness (QED) is 0.0551. The molecule has 2 aromatic rings. The molecule has 0 fully saturated rings. The molecule has 45 heavy (non-hydrogen) atoms. The number of carbonyl (C=O) groups is 2. The van der Waals surface area contributed by atoms with Crippen molar-refractivity contribution in [1.29, 1.82) is 5.41 Å². The molecule has 5 N–H and O–H groups in total. The van der Waals surface area contributed by atoms with Gasteiger partial charge in [0.05, 0.1) is 37.6 Å². The normalized spacial score (nSPS) is 10.6. The molecular weight excluding hydrogens is 574 g/mol. The van der Waals surface area contributed by atoms with Crippen LogP contribution >= 0.6 is 0 Å². The van der Waals surface area contributed by atoms with Crippen molar-refractivity contribution in [1.82, 2.24) is 25.1 Å². The van der Waals surface area contributed by atoms with Crippen molar-refractivity contribution in [3.8, 4) is 11.8 Å². The summed E-state index contributed by atoms with van der Waals surface area (Å²) in [6.07, 6.45) is 7.04. The topological polar surface area (TPSA) is 157 Å². The van der Waals surface area contributed by atoms with Gasteiger partial charge in [-0.05, 0) is 45.1 Å². The van der Waals surface area contributed by atoms with Gasteiger partial charge in [0.15, 0.2) is 0 Å². The van der Waals surface area contributed by atoms with Crippen LogP contribution in [0.1, 0.15) is 37.3 Å². The molecule has 244 valence electrons. The highest BCUT2D eigenvalue weighted by molar-refractivity contribution is 5.98. The van der Waals surface area contributed by atoms with E-state index in [1.54, 1.807) is 32.5 Å². The number of rotatable bonds is 18. The van der Waals surface area contributed by atoms with Gasteiger partial charge in [0, 0.05) is 64.2 Å². The van der Waals surface area contributed by atoms with Gasteiger partial charge in [-0.1, -0.05) is 24.8 Å². The number of carbonyl (C=O) groups excluding carboxylic acids is 2. The van der Waals surface area contributed by atoms with Crippen molar-refractivity contribution < 1.29 is 19.1 Å². The van der Waals surface area contributed by atoms with E-state index in [4.69, 9.17) is 14.9 Å². The van der Waals surface area contributed by atoms with E-state index >= 15 is 0 Å². The standard InChI is InChI=1S/C32H47N9O4/c1-7-16-36-31-24(12-9-8-10-17-35-28(42)23-41(4)29(43)13-11-19-40(2)3)22-37-32(39-31)38-25-14-15-27(34-18-20-44-5)26(21-25)30(33)45-6/h11,13-15,21-22,33-34H,7-8,10,16-20,23H2,1-6H3,(H,35,42)(H2,36,37,38,39)/b13-11+,33-30?. The number of nitrogens with zero attached hydrogens (tertiary/aromatic N) is 4. The van der Waals surface area contributed by atoms with Crippen molar-refractivity contribution in [3.05, 3.63) is 47.7 Å². The molecule has 1 aromatic carbocycles. The average molecular weight is 622 g/mol. The first kappa shape index (κ1) is 36.5. The second kappa shape index (κ2) is 20.3. The molecule has 0 atom stereocenters. The molecule has 1 aromatic heterocycles. The Hall–Kier alpha value is -4.67. The predicted molar refractivity (Wildman–Crippen MR) is 179 cm³/mol. The molecule has 2 amide bonds. The summed E-state index contributed by atoms with van der Waals surface area (Å²) in [5, 5.41) is 20.8. The van der Waals surface area contributed by atoms with Gasteiger partial charge in [-0.2, -0.15) is 4.98 Å². The van der Waals surface area contributed by atoms with Crippen molar-refractivity contribution in [2.45, 2.75) is 26.2 Å². The first-order valence-corrected chi connectivity index (χ1v) is 14.9. The maximum absolute atomic E-state index is 12.2. The lowest BCUT2D eigenvalue weighted by Crippen LogP contribution is -2.38. The van der Waals surface area contributed by atoms with Crippen LogP contribution in [0.4, 0.5) is 23.1 Å². The zero-order valence-corrected chi connectivity index (χ0v) is 27.2. The first-order valence-electron chi connectivity index (χ1n) is 14.9. The molecule has 0 unspecified atom stereocenters. The fourth-order valence-corrected chi connectivity index (χ4v) is 3.81. The van der Waals surface area contributed by atoms with Crippen LogP contribution in [0.2, 0.25) is 0 Å². The molecule has 0 saturated heterocycles. The van der Waals surface area contributed by atoms with Gasteiger partial charge in [0.25, 0.3) is 0 Å². The Morgan fingerprint density at radius 1 is 1.11 bits per heavy atom. The Bertz CT molecular complexity index is 1350. The van der Waals surface area contributed by atoms with Crippen molar-refractivity contribution in [2.24, 2.45) is 0 Å². The number of likely N-dealkylation sites (N-methyl/N-ethyl adjacent to an activating group) is 2. The second-order valence-electron chi connectivity index (χ2n) is 10.3. The van der Waals surface area contributed by atoms with Gasteiger partial charge in [-0.15, -0.1) is 0 Å². The van der Waals surface area contributed by atoms with Gasteiger partial charge in [0.1, 0.15) is 5.82 Å². The van der Waals surface area contributed by atoms with E-state index in [-0.39, 0.29) is 24.3 Å². The highest BCUT2D eigenvalue weighted by atomic mass is 16.5. The summed E-state index contributed by atoms with van der Waals surface area (Å²) in [7, 11) is 8.53. The highest BCUT2D eigenvalue weighted by Crippen LogP contribution is 2.24. The number of nitrogens with one attached hydrogen (secondary N) is 5. The minimum Gasteiger partial charge on any atom is -0.481 e. The summed E-state index contributed by atoms with van der Waals surface area (Å²) >= 11 is 0. The van der Waals surface area contributed by atoms with E-state index < -0.39 is 0 Å². The third kappa shape index (κ3) is 13.7. The fraction of sp³-hybridized carbons (Fsp3) is 0.469. The number of ether oxygens (including phenoxy) is 2. The minimum atomic E-state index is -0.217. The van der Waals surface area contributed by atoms with Gasteiger partial charge < -0.3 is 40.5 Å². The van der Waals surface area contributed by atoms with Crippen molar-refractivity contribution in [2.75, 3.05) is 90.6 Å². The molecule has 0 aliphatic rings. The SMILES string of the molecule is CCCNc1nc(Nc2ccc(NCCOC)c(C(=N)OC)c2)ncc1C#CCCCNC(=O)CN(C)C(=O)/C=C/CN(C)C. The molecule has 0 aliphatic heterocycles. The molecule has 0 bridgehead atoms. The number of methoxy groups -OCH3 is 2. The smallest absolute Gasteiger partial charge is 0.246 e. The van der Waals surface area contributed by atoms with Gasteiger partial charge >= 0.3 is 0 Å². The van der Waals surface area contributed by atoms with Gasteiger partial charge in [0.2, 0.25) is 23.7 Å². The van der Waals surface area contributed by atoms with Crippen LogP contribution in [0.15, 0.2) is 36.5 Å². The van der Waals surface area contributed by atoms with Crippen LogP contribution in [0.25, 0.3) is 0 Å². The summed E-state index contributed by atoms with van der Waals surface area (Å²) in [6, 6.07) is 5.54. The summed E-state index contributed by atoms with van der Waals surface area (Å²) in [5.41, 5.74) is 2.71. The molecule has 0 spiro atoms. The Morgan fingerprint density at radius 3 is 2.62 bits per heavy atom. The summed E-state index contributed by atoms with van der Waals surface area (Å²) in [4.78, 5) is 36.7. The lowest BCUT2D eigenvalue weighted by Gasteiger charge is -2.15. The molecule has 1 heterocycles. The Balaban J connectivity index is 1.97. The number of hydrogen-bond acceptors (Lipinski definition) is 11.